The van der Waals surface area contributed by atoms with Crippen LogP contribution in [0.25, 0.3) is 21.3 Å². The molecule has 0 amide bonds. The van der Waals surface area contributed by atoms with Crippen LogP contribution in [0.5, 0.6) is 5.75 Å². The minimum atomic E-state index is 0. The van der Waals surface area contributed by atoms with E-state index in [4.69, 9.17) is 9.47 Å². The first kappa shape index (κ1) is 24.1. The summed E-state index contributed by atoms with van der Waals surface area (Å²) in [5, 5.41) is 1.18. The lowest BCUT2D eigenvalue weighted by molar-refractivity contribution is 0.148. The summed E-state index contributed by atoms with van der Waals surface area (Å²) in [6.07, 6.45) is 2.18. The highest BCUT2D eigenvalue weighted by atomic mass is 79.9. The molecule has 2 aromatic carbocycles. The van der Waals surface area contributed by atoms with Crippen molar-refractivity contribution >= 4 is 50.0 Å². The summed E-state index contributed by atoms with van der Waals surface area (Å²) in [7, 11) is 1.75. The Balaban J connectivity index is 0.00000300. The standard InChI is InChI=1S/C22H27BrN2O2S.ClH/c1-3-25(13-15-26-2)12-4-5-14-27-19-10-11-20-21(16-19)28-24-22(20)17-6-8-18(23)9-7-17;/h6-11,16H,3-5,12-15H2,1-2H3;1H. The molecule has 0 spiro atoms. The van der Waals surface area contributed by atoms with E-state index in [0.717, 1.165) is 71.9 Å². The van der Waals surface area contributed by atoms with Gasteiger partial charge < -0.3 is 14.4 Å². The predicted octanol–water partition coefficient (Wildman–Crippen LogP) is 6.27. The monoisotopic (exact) mass is 498 g/mol. The molecule has 0 saturated carbocycles. The second-order valence-electron chi connectivity index (χ2n) is 6.68. The van der Waals surface area contributed by atoms with E-state index in [1.807, 2.05) is 12.1 Å². The highest BCUT2D eigenvalue weighted by Gasteiger charge is 2.09. The molecule has 0 aliphatic carbocycles. The molecule has 0 aliphatic heterocycles. The van der Waals surface area contributed by atoms with Crippen LogP contribution in [0, 0.1) is 0 Å². The second kappa shape index (κ2) is 12.5. The van der Waals surface area contributed by atoms with Crippen LogP contribution >= 0.6 is 39.9 Å². The van der Waals surface area contributed by atoms with Crippen molar-refractivity contribution in [2.24, 2.45) is 0 Å². The number of methoxy groups -OCH3 is 1. The Morgan fingerprint density at radius 3 is 2.55 bits per heavy atom. The lowest BCUT2D eigenvalue weighted by atomic mass is 10.1. The summed E-state index contributed by atoms with van der Waals surface area (Å²) < 4.78 is 18.0. The minimum absolute atomic E-state index is 0. The smallest absolute Gasteiger partial charge is 0.120 e. The molecule has 0 radical (unpaired) electrons. The molecule has 0 bridgehead atoms. The van der Waals surface area contributed by atoms with Crippen LogP contribution in [-0.4, -0.2) is 49.2 Å². The topological polar surface area (TPSA) is 34.6 Å². The molecule has 0 atom stereocenters. The molecule has 0 aliphatic rings. The van der Waals surface area contributed by atoms with Crippen LogP contribution < -0.4 is 4.74 Å². The maximum absolute atomic E-state index is 5.97. The van der Waals surface area contributed by atoms with Crippen LogP contribution in [-0.2, 0) is 4.74 Å². The van der Waals surface area contributed by atoms with Gasteiger partial charge in [0.2, 0.25) is 0 Å². The molecule has 0 saturated heterocycles. The Morgan fingerprint density at radius 1 is 1.03 bits per heavy atom. The highest BCUT2D eigenvalue weighted by Crippen LogP contribution is 2.33. The van der Waals surface area contributed by atoms with E-state index >= 15 is 0 Å². The van der Waals surface area contributed by atoms with Crippen LogP contribution in [0.3, 0.4) is 0 Å². The van der Waals surface area contributed by atoms with Crippen LogP contribution in [0.2, 0.25) is 0 Å². The Labute approximate surface area is 191 Å². The number of halogens is 2. The van der Waals surface area contributed by atoms with Crippen molar-refractivity contribution in [3.63, 3.8) is 0 Å². The van der Waals surface area contributed by atoms with Gasteiger partial charge in [-0.15, -0.1) is 12.4 Å². The van der Waals surface area contributed by atoms with Crippen molar-refractivity contribution in [3.05, 3.63) is 46.9 Å². The Kier molecular flexibility index (Phi) is 10.4. The van der Waals surface area contributed by atoms with E-state index in [9.17, 15) is 0 Å². The van der Waals surface area contributed by atoms with Gasteiger partial charge in [0.15, 0.2) is 0 Å². The fraction of sp³-hybridized carbons (Fsp3) is 0.409. The SMILES string of the molecule is CCN(CCCCOc1ccc2c(-c3ccc(Br)cc3)nsc2c1)CCOC.Cl. The van der Waals surface area contributed by atoms with E-state index < -0.39 is 0 Å². The molecule has 3 rings (SSSR count). The summed E-state index contributed by atoms with van der Waals surface area (Å²) in [6.45, 7) is 6.88. The molecule has 0 fully saturated rings. The first-order chi connectivity index (χ1) is 13.7. The number of ether oxygens (including phenoxy) is 2. The number of unbranched alkanes of at least 4 members (excludes halogenated alkanes) is 1. The maximum Gasteiger partial charge on any atom is 0.120 e. The lowest BCUT2D eigenvalue weighted by Crippen LogP contribution is -2.28. The van der Waals surface area contributed by atoms with Crippen molar-refractivity contribution in [1.29, 1.82) is 0 Å². The van der Waals surface area contributed by atoms with Crippen LogP contribution in [0.15, 0.2) is 46.9 Å². The molecule has 0 unspecified atom stereocenters. The minimum Gasteiger partial charge on any atom is -0.494 e. The summed E-state index contributed by atoms with van der Waals surface area (Å²) in [5.74, 6) is 0.922. The first-order valence-electron chi connectivity index (χ1n) is 9.70. The van der Waals surface area contributed by atoms with Crippen LogP contribution in [0.4, 0.5) is 0 Å². The molecule has 0 N–H and O–H groups in total. The van der Waals surface area contributed by atoms with Crippen molar-refractivity contribution in [1.82, 2.24) is 9.27 Å². The maximum atomic E-state index is 5.97. The fourth-order valence-electron chi connectivity index (χ4n) is 3.10. The van der Waals surface area contributed by atoms with E-state index in [0.29, 0.717) is 0 Å². The Hall–Kier alpha value is -1.18. The molecule has 158 valence electrons. The number of benzene rings is 2. The van der Waals surface area contributed by atoms with E-state index in [2.05, 4.69) is 62.5 Å². The van der Waals surface area contributed by atoms with E-state index in [1.165, 1.54) is 16.9 Å². The van der Waals surface area contributed by atoms with Crippen molar-refractivity contribution in [2.75, 3.05) is 40.0 Å². The van der Waals surface area contributed by atoms with Crippen molar-refractivity contribution in [2.45, 2.75) is 19.8 Å². The number of hydrogen-bond donors (Lipinski definition) is 0. The largest absolute Gasteiger partial charge is 0.494 e. The van der Waals surface area contributed by atoms with Gasteiger partial charge in [0.05, 0.1) is 23.6 Å². The lowest BCUT2D eigenvalue weighted by Gasteiger charge is -2.19. The zero-order valence-corrected chi connectivity index (χ0v) is 20.1. The van der Waals surface area contributed by atoms with Gasteiger partial charge in [-0.25, -0.2) is 0 Å². The quantitative estimate of drug-likeness (QED) is 0.291. The summed E-state index contributed by atoms with van der Waals surface area (Å²) in [6, 6.07) is 14.6. The zero-order chi connectivity index (χ0) is 19.8. The number of likely N-dealkylation sites (N-methyl/N-ethyl adjacent to an activating group) is 1. The average Bonchev–Trinajstić information content (AvgIpc) is 3.14. The normalized spacial score (nSPS) is 11.0. The highest BCUT2D eigenvalue weighted by molar-refractivity contribution is 9.10. The Morgan fingerprint density at radius 2 is 1.83 bits per heavy atom. The molecule has 7 heteroatoms. The molecular formula is C22H28BrClN2O2S. The number of hydrogen-bond acceptors (Lipinski definition) is 5. The molecule has 1 heterocycles. The van der Waals surface area contributed by atoms with Crippen molar-refractivity contribution < 1.29 is 9.47 Å². The van der Waals surface area contributed by atoms with Gasteiger partial charge in [-0.2, -0.15) is 4.37 Å². The molecule has 29 heavy (non-hydrogen) atoms. The van der Waals surface area contributed by atoms with Crippen molar-refractivity contribution in [3.8, 4) is 17.0 Å². The number of nitrogens with zero attached hydrogens (tertiary/aromatic N) is 2. The summed E-state index contributed by atoms with van der Waals surface area (Å²) in [4.78, 5) is 2.41. The van der Waals surface area contributed by atoms with Gasteiger partial charge in [-0.05, 0) is 67.8 Å². The van der Waals surface area contributed by atoms with Crippen LogP contribution in [0.1, 0.15) is 19.8 Å². The summed E-state index contributed by atoms with van der Waals surface area (Å²) >= 11 is 5.01. The van der Waals surface area contributed by atoms with E-state index in [-0.39, 0.29) is 12.4 Å². The van der Waals surface area contributed by atoms with Gasteiger partial charge >= 0.3 is 0 Å². The average molecular weight is 500 g/mol. The molecule has 4 nitrogen and oxygen atoms in total. The Bertz CT molecular complexity index is 873. The third-order valence-corrected chi connectivity index (χ3v) is 6.09. The number of aromatic nitrogens is 1. The number of fused-ring (bicyclic) bond motifs is 1. The third kappa shape index (κ3) is 6.93. The van der Waals surface area contributed by atoms with Gasteiger partial charge in [0.25, 0.3) is 0 Å². The third-order valence-electron chi connectivity index (χ3n) is 4.76. The van der Waals surface area contributed by atoms with Gasteiger partial charge in [0.1, 0.15) is 5.75 Å². The fourth-order valence-corrected chi connectivity index (χ4v) is 4.19. The second-order valence-corrected chi connectivity index (χ2v) is 8.40. The summed E-state index contributed by atoms with van der Waals surface area (Å²) in [5.41, 5.74) is 2.17. The van der Waals surface area contributed by atoms with Gasteiger partial charge in [-0.3, -0.25) is 0 Å². The number of rotatable bonds is 11. The van der Waals surface area contributed by atoms with Gasteiger partial charge in [-0.1, -0.05) is 35.0 Å². The first-order valence-corrected chi connectivity index (χ1v) is 11.3. The molecule has 1 aromatic heterocycles. The zero-order valence-electron chi connectivity index (χ0n) is 16.9. The van der Waals surface area contributed by atoms with Gasteiger partial charge in [0, 0.05) is 29.1 Å². The predicted molar refractivity (Wildman–Crippen MR) is 129 cm³/mol. The molecule has 3 aromatic rings. The van der Waals surface area contributed by atoms with E-state index in [1.54, 1.807) is 7.11 Å². The molecular weight excluding hydrogens is 472 g/mol.